The molecule has 3 rings (SSSR count). The Balaban J connectivity index is 0.00000261. The van der Waals surface area contributed by atoms with Crippen LogP contribution < -0.4 is 15.5 Å². The van der Waals surface area contributed by atoms with Gasteiger partial charge in [0.2, 0.25) is 0 Å². The number of rotatable bonds is 7. The van der Waals surface area contributed by atoms with Gasteiger partial charge in [-0.15, -0.1) is 24.0 Å². The molecule has 2 N–H and O–H groups in total. The maximum atomic E-state index is 5.69. The molecule has 3 heterocycles. The number of aryl methyl sites for hydroxylation is 1. The van der Waals surface area contributed by atoms with Crippen molar-refractivity contribution in [2.24, 2.45) is 12.0 Å². The molecule has 2 saturated heterocycles. The summed E-state index contributed by atoms with van der Waals surface area (Å²) in [6.07, 6.45) is 8.86. The second kappa shape index (κ2) is 11.7. The van der Waals surface area contributed by atoms with Crippen LogP contribution in [0.4, 0.5) is 5.69 Å². The zero-order valence-corrected chi connectivity index (χ0v) is 18.7. The van der Waals surface area contributed by atoms with Crippen molar-refractivity contribution in [3.63, 3.8) is 0 Å². The lowest BCUT2D eigenvalue weighted by Gasteiger charge is -2.34. The number of ether oxygens (including phenoxy) is 2. The van der Waals surface area contributed by atoms with E-state index >= 15 is 0 Å². The van der Waals surface area contributed by atoms with Crippen molar-refractivity contribution in [3.05, 3.63) is 12.4 Å². The van der Waals surface area contributed by atoms with E-state index in [0.717, 1.165) is 57.9 Å². The fourth-order valence-electron chi connectivity index (χ4n) is 3.52. The third kappa shape index (κ3) is 7.11. The number of hydrogen-bond donors (Lipinski definition) is 2. The van der Waals surface area contributed by atoms with E-state index in [4.69, 9.17) is 9.47 Å². The topological polar surface area (TPSA) is 75.9 Å². The Labute approximate surface area is 179 Å². The summed E-state index contributed by atoms with van der Waals surface area (Å²) in [6.45, 7) is 5.00. The summed E-state index contributed by atoms with van der Waals surface area (Å²) in [5.74, 6) is 0.837. The lowest BCUT2D eigenvalue weighted by Crippen LogP contribution is -2.51. The SMILES string of the molecule is CN=C(NCCOCC1CCCO1)NC1CCCN(c2cnn(C)c2)C1.I. The molecular formula is C18H33IN6O2. The highest BCUT2D eigenvalue weighted by Gasteiger charge is 2.21. The van der Waals surface area contributed by atoms with Gasteiger partial charge >= 0.3 is 0 Å². The normalized spacial score (nSPS) is 23.2. The first-order valence-electron chi connectivity index (χ1n) is 9.64. The molecule has 2 aliphatic heterocycles. The second-order valence-electron chi connectivity index (χ2n) is 7.01. The predicted octanol–water partition coefficient (Wildman–Crippen LogP) is 1.37. The van der Waals surface area contributed by atoms with Crippen molar-refractivity contribution in [2.45, 2.75) is 37.8 Å². The summed E-state index contributed by atoms with van der Waals surface area (Å²) in [5.41, 5.74) is 1.18. The van der Waals surface area contributed by atoms with Gasteiger partial charge in [0, 0.05) is 52.6 Å². The molecule has 2 unspecified atom stereocenters. The summed E-state index contributed by atoms with van der Waals surface area (Å²) in [4.78, 5) is 6.72. The van der Waals surface area contributed by atoms with Crippen molar-refractivity contribution >= 4 is 35.6 Å². The maximum Gasteiger partial charge on any atom is 0.191 e. The Morgan fingerprint density at radius 1 is 1.41 bits per heavy atom. The van der Waals surface area contributed by atoms with Crippen LogP contribution in [0.2, 0.25) is 0 Å². The van der Waals surface area contributed by atoms with Gasteiger partial charge in [-0.3, -0.25) is 9.67 Å². The molecule has 0 amide bonds. The number of guanidine groups is 1. The zero-order chi connectivity index (χ0) is 18.2. The molecule has 154 valence electrons. The van der Waals surface area contributed by atoms with Gasteiger partial charge < -0.3 is 25.0 Å². The lowest BCUT2D eigenvalue weighted by molar-refractivity contribution is 0.0191. The van der Waals surface area contributed by atoms with Crippen LogP contribution in [-0.2, 0) is 16.5 Å². The molecule has 27 heavy (non-hydrogen) atoms. The quantitative estimate of drug-likeness (QED) is 0.259. The highest BCUT2D eigenvalue weighted by molar-refractivity contribution is 14.0. The lowest BCUT2D eigenvalue weighted by atomic mass is 10.1. The van der Waals surface area contributed by atoms with E-state index in [1.54, 1.807) is 0 Å². The summed E-state index contributed by atoms with van der Waals surface area (Å²) in [7, 11) is 3.76. The summed E-state index contributed by atoms with van der Waals surface area (Å²) in [5, 5.41) is 11.1. The zero-order valence-electron chi connectivity index (χ0n) is 16.4. The molecule has 2 fully saturated rings. The van der Waals surface area contributed by atoms with E-state index in [2.05, 4.69) is 31.8 Å². The summed E-state index contributed by atoms with van der Waals surface area (Å²) < 4.78 is 13.1. The van der Waals surface area contributed by atoms with Crippen molar-refractivity contribution in [3.8, 4) is 0 Å². The first-order chi connectivity index (χ1) is 12.7. The van der Waals surface area contributed by atoms with Crippen LogP contribution in [0, 0.1) is 0 Å². The van der Waals surface area contributed by atoms with Gasteiger partial charge in [-0.05, 0) is 25.7 Å². The van der Waals surface area contributed by atoms with Crippen molar-refractivity contribution < 1.29 is 9.47 Å². The first-order valence-corrected chi connectivity index (χ1v) is 9.64. The molecule has 0 spiro atoms. The van der Waals surface area contributed by atoms with Gasteiger partial charge in [-0.25, -0.2) is 0 Å². The van der Waals surface area contributed by atoms with Crippen molar-refractivity contribution in [1.82, 2.24) is 20.4 Å². The van der Waals surface area contributed by atoms with Crippen LogP contribution in [-0.4, -0.2) is 74.4 Å². The third-order valence-electron chi connectivity index (χ3n) is 4.91. The highest BCUT2D eigenvalue weighted by Crippen LogP contribution is 2.18. The fourth-order valence-corrected chi connectivity index (χ4v) is 3.52. The Kier molecular flexibility index (Phi) is 9.63. The van der Waals surface area contributed by atoms with Crippen molar-refractivity contribution in [1.29, 1.82) is 0 Å². The Morgan fingerprint density at radius 2 is 2.30 bits per heavy atom. The number of anilines is 1. The summed E-state index contributed by atoms with van der Waals surface area (Å²) in [6, 6.07) is 0.378. The third-order valence-corrected chi connectivity index (χ3v) is 4.91. The minimum Gasteiger partial charge on any atom is -0.377 e. The van der Waals surface area contributed by atoms with Gasteiger partial charge in [-0.1, -0.05) is 0 Å². The predicted molar refractivity (Wildman–Crippen MR) is 118 cm³/mol. The highest BCUT2D eigenvalue weighted by atomic mass is 127. The van der Waals surface area contributed by atoms with Gasteiger partial charge in [0.1, 0.15) is 0 Å². The fraction of sp³-hybridized carbons (Fsp3) is 0.778. The molecule has 0 bridgehead atoms. The Bertz CT molecular complexity index is 576. The molecule has 2 atom stereocenters. The number of hydrogen-bond acceptors (Lipinski definition) is 5. The van der Waals surface area contributed by atoms with Crippen molar-refractivity contribution in [2.75, 3.05) is 51.4 Å². The number of aliphatic imine (C=N–C) groups is 1. The minimum atomic E-state index is 0. The average Bonchev–Trinajstić information content (AvgIpc) is 3.32. The molecule has 1 aromatic heterocycles. The van der Waals surface area contributed by atoms with Gasteiger partial charge in [-0.2, -0.15) is 5.10 Å². The van der Waals surface area contributed by atoms with E-state index < -0.39 is 0 Å². The second-order valence-corrected chi connectivity index (χ2v) is 7.01. The molecular weight excluding hydrogens is 459 g/mol. The number of halogens is 1. The van der Waals surface area contributed by atoms with E-state index in [1.807, 2.05) is 25.0 Å². The monoisotopic (exact) mass is 492 g/mol. The van der Waals surface area contributed by atoms with E-state index in [0.29, 0.717) is 19.3 Å². The van der Waals surface area contributed by atoms with Crippen LogP contribution >= 0.6 is 24.0 Å². The van der Waals surface area contributed by atoms with Crippen LogP contribution in [0.15, 0.2) is 17.4 Å². The summed E-state index contributed by atoms with van der Waals surface area (Å²) >= 11 is 0. The Morgan fingerprint density at radius 3 is 3.00 bits per heavy atom. The standard InChI is InChI=1S/C18H32N6O2.HI/c1-19-18(20-7-10-25-14-17-6-4-9-26-17)22-15-5-3-8-24(12-15)16-11-21-23(2)13-16;/h11,13,15,17H,3-10,12,14H2,1-2H3,(H2,19,20,22);1H. The number of nitrogens with zero attached hydrogens (tertiary/aromatic N) is 4. The molecule has 0 saturated carbocycles. The molecule has 0 radical (unpaired) electrons. The maximum absolute atomic E-state index is 5.69. The number of aromatic nitrogens is 2. The molecule has 2 aliphatic rings. The smallest absolute Gasteiger partial charge is 0.191 e. The van der Waals surface area contributed by atoms with E-state index in [9.17, 15) is 0 Å². The van der Waals surface area contributed by atoms with E-state index in [-0.39, 0.29) is 30.1 Å². The molecule has 0 aliphatic carbocycles. The molecule has 0 aromatic carbocycles. The molecule has 9 heteroatoms. The molecule has 8 nitrogen and oxygen atoms in total. The van der Waals surface area contributed by atoms with Gasteiger partial charge in [0.15, 0.2) is 5.96 Å². The van der Waals surface area contributed by atoms with Gasteiger partial charge in [0.25, 0.3) is 0 Å². The van der Waals surface area contributed by atoms with Crippen LogP contribution in [0.3, 0.4) is 0 Å². The minimum absolute atomic E-state index is 0. The average molecular weight is 492 g/mol. The number of piperidine rings is 1. The van der Waals surface area contributed by atoms with Gasteiger partial charge in [0.05, 0.1) is 31.2 Å². The van der Waals surface area contributed by atoms with Crippen LogP contribution in [0.5, 0.6) is 0 Å². The van der Waals surface area contributed by atoms with Crippen LogP contribution in [0.1, 0.15) is 25.7 Å². The van der Waals surface area contributed by atoms with Crippen LogP contribution in [0.25, 0.3) is 0 Å². The largest absolute Gasteiger partial charge is 0.377 e. The molecule has 1 aromatic rings. The Hall–Kier alpha value is -1.07. The number of nitrogens with one attached hydrogen (secondary N) is 2. The first kappa shape index (κ1) is 22.2. The van der Waals surface area contributed by atoms with E-state index in [1.165, 1.54) is 5.69 Å².